The molecule has 6 heteroatoms. The molecule has 16 heavy (non-hydrogen) atoms. The van der Waals surface area contributed by atoms with Crippen LogP contribution in [0.3, 0.4) is 0 Å². The van der Waals surface area contributed by atoms with Gasteiger partial charge in [-0.15, -0.1) is 0 Å². The van der Waals surface area contributed by atoms with E-state index in [0.717, 1.165) is 0 Å². The Bertz CT molecular complexity index is 548. The van der Waals surface area contributed by atoms with Gasteiger partial charge < -0.3 is 5.11 Å². The Kier molecular flexibility index (Phi) is 2.47. The maximum absolute atomic E-state index is 10.9. The van der Waals surface area contributed by atoms with Crippen LogP contribution in [0.5, 0.6) is 0 Å². The smallest absolute Gasteiger partial charge is 0.339 e. The minimum atomic E-state index is -1.09. The molecule has 0 aliphatic heterocycles. The number of rotatable bonds is 3. The molecule has 0 atom stereocenters. The normalized spacial score (nSPS) is 10.0. The van der Waals surface area contributed by atoms with Crippen molar-refractivity contribution >= 4 is 12.3 Å². The predicted molar refractivity (Wildman–Crippen MR) is 53.7 cm³/mol. The summed E-state index contributed by atoms with van der Waals surface area (Å²) in [5.74, 6) is -0.908. The second-order valence-corrected chi connectivity index (χ2v) is 3.02. The van der Waals surface area contributed by atoms with Crippen LogP contribution in [-0.2, 0) is 0 Å². The average molecular weight is 217 g/mol. The Hall–Kier alpha value is -2.50. The van der Waals surface area contributed by atoms with E-state index in [1.54, 1.807) is 0 Å². The predicted octanol–water partition coefficient (Wildman–Crippen LogP) is 0.778. The highest BCUT2D eigenvalue weighted by molar-refractivity contribution is 5.91. The molecular formula is C10H7N3O3. The van der Waals surface area contributed by atoms with Crippen LogP contribution in [0.1, 0.15) is 20.7 Å². The van der Waals surface area contributed by atoms with Crippen molar-refractivity contribution < 1.29 is 14.7 Å². The number of carbonyl (C=O) groups is 2. The highest BCUT2D eigenvalue weighted by Gasteiger charge is 2.12. The standard InChI is InChI=1S/C10H7N3O3/c14-6-7-4-12-13(5-7)9-8(10(15)16)2-1-3-11-9/h1-6H,(H,15,16). The highest BCUT2D eigenvalue weighted by Crippen LogP contribution is 2.10. The molecule has 2 aromatic rings. The van der Waals surface area contributed by atoms with Crippen LogP contribution in [0, 0.1) is 0 Å². The van der Waals surface area contributed by atoms with Gasteiger partial charge in [-0.3, -0.25) is 4.79 Å². The van der Waals surface area contributed by atoms with Crippen molar-refractivity contribution in [2.75, 3.05) is 0 Å². The van der Waals surface area contributed by atoms with Gasteiger partial charge in [-0.1, -0.05) is 0 Å². The number of hydrogen-bond donors (Lipinski definition) is 1. The van der Waals surface area contributed by atoms with Crippen LogP contribution in [0.15, 0.2) is 30.7 Å². The number of carboxylic acids is 1. The first-order chi connectivity index (χ1) is 7.72. The van der Waals surface area contributed by atoms with Gasteiger partial charge in [-0.2, -0.15) is 5.10 Å². The number of carboxylic acid groups (broad SMARTS) is 1. The van der Waals surface area contributed by atoms with Crippen LogP contribution in [0.25, 0.3) is 5.82 Å². The van der Waals surface area contributed by atoms with Crippen LogP contribution >= 0.6 is 0 Å². The molecule has 6 nitrogen and oxygen atoms in total. The van der Waals surface area contributed by atoms with Crippen LogP contribution < -0.4 is 0 Å². The number of carbonyl (C=O) groups excluding carboxylic acids is 1. The maximum atomic E-state index is 10.9. The van der Waals surface area contributed by atoms with E-state index in [0.29, 0.717) is 11.8 Å². The van der Waals surface area contributed by atoms with Gasteiger partial charge in [-0.05, 0) is 12.1 Å². The number of aromatic nitrogens is 3. The zero-order chi connectivity index (χ0) is 11.5. The third-order valence-electron chi connectivity index (χ3n) is 1.97. The van der Waals surface area contributed by atoms with Crippen molar-refractivity contribution in [2.24, 2.45) is 0 Å². The zero-order valence-electron chi connectivity index (χ0n) is 8.07. The van der Waals surface area contributed by atoms with Crippen molar-refractivity contribution in [3.05, 3.63) is 41.9 Å². The van der Waals surface area contributed by atoms with Crippen molar-refractivity contribution in [3.63, 3.8) is 0 Å². The fourth-order valence-corrected chi connectivity index (χ4v) is 1.26. The lowest BCUT2D eigenvalue weighted by Crippen LogP contribution is -2.07. The molecule has 80 valence electrons. The largest absolute Gasteiger partial charge is 0.478 e. The number of nitrogens with zero attached hydrogens (tertiary/aromatic N) is 3. The summed E-state index contributed by atoms with van der Waals surface area (Å²) in [5, 5.41) is 12.8. The molecule has 0 spiro atoms. The van der Waals surface area contributed by atoms with E-state index in [9.17, 15) is 9.59 Å². The summed E-state index contributed by atoms with van der Waals surface area (Å²) < 4.78 is 1.26. The molecule has 2 aromatic heterocycles. The first-order valence-corrected chi connectivity index (χ1v) is 4.41. The molecule has 0 saturated carbocycles. The molecule has 0 amide bonds. The van der Waals surface area contributed by atoms with E-state index in [-0.39, 0.29) is 11.4 Å². The fourth-order valence-electron chi connectivity index (χ4n) is 1.26. The Labute approximate surface area is 90.2 Å². The minimum Gasteiger partial charge on any atom is -0.478 e. The van der Waals surface area contributed by atoms with Gasteiger partial charge in [0, 0.05) is 12.4 Å². The molecule has 0 saturated heterocycles. The number of aldehydes is 1. The first kappa shape index (κ1) is 10.0. The van der Waals surface area contributed by atoms with E-state index < -0.39 is 5.97 Å². The molecule has 2 rings (SSSR count). The third kappa shape index (κ3) is 1.68. The van der Waals surface area contributed by atoms with Gasteiger partial charge in [0.2, 0.25) is 0 Å². The summed E-state index contributed by atoms with van der Waals surface area (Å²) in [7, 11) is 0. The lowest BCUT2D eigenvalue weighted by atomic mass is 10.2. The Morgan fingerprint density at radius 1 is 1.50 bits per heavy atom. The fraction of sp³-hybridized carbons (Fsp3) is 0. The van der Waals surface area contributed by atoms with Crippen molar-refractivity contribution in [3.8, 4) is 5.82 Å². The van der Waals surface area contributed by atoms with E-state index in [1.807, 2.05) is 0 Å². The number of hydrogen-bond acceptors (Lipinski definition) is 4. The van der Waals surface area contributed by atoms with Crippen LogP contribution in [0.2, 0.25) is 0 Å². The lowest BCUT2D eigenvalue weighted by Gasteiger charge is -2.03. The summed E-state index contributed by atoms with van der Waals surface area (Å²) in [5.41, 5.74) is 0.394. The first-order valence-electron chi connectivity index (χ1n) is 4.41. The van der Waals surface area contributed by atoms with Crippen molar-refractivity contribution in [1.29, 1.82) is 0 Å². The molecule has 0 radical (unpaired) electrons. The molecule has 0 aliphatic carbocycles. The quantitative estimate of drug-likeness (QED) is 0.768. The van der Waals surface area contributed by atoms with Gasteiger partial charge in [0.1, 0.15) is 5.56 Å². The van der Waals surface area contributed by atoms with Crippen molar-refractivity contribution in [2.45, 2.75) is 0 Å². The molecule has 0 aromatic carbocycles. The molecule has 2 heterocycles. The molecule has 1 N–H and O–H groups in total. The average Bonchev–Trinajstić information content (AvgIpc) is 2.77. The van der Waals surface area contributed by atoms with Crippen molar-refractivity contribution in [1.82, 2.24) is 14.8 Å². The molecule has 0 aliphatic rings. The molecule has 0 bridgehead atoms. The lowest BCUT2D eigenvalue weighted by molar-refractivity contribution is 0.0696. The molecule has 0 unspecified atom stereocenters. The Morgan fingerprint density at radius 2 is 2.31 bits per heavy atom. The summed E-state index contributed by atoms with van der Waals surface area (Å²) in [6, 6.07) is 2.95. The second kappa shape index (κ2) is 3.93. The Morgan fingerprint density at radius 3 is 2.94 bits per heavy atom. The van der Waals surface area contributed by atoms with Crippen LogP contribution in [0.4, 0.5) is 0 Å². The van der Waals surface area contributed by atoms with E-state index in [2.05, 4.69) is 10.1 Å². The number of pyridine rings is 1. The van der Waals surface area contributed by atoms with Gasteiger partial charge in [0.15, 0.2) is 12.1 Å². The SMILES string of the molecule is O=Cc1cnn(-c2ncccc2C(=O)O)c1. The van der Waals surface area contributed by atoms with E-state index in [1.165, 1.54) is 35.4 Å². The van der Waals surface area contributed by atoms with E-state index >= 15 is 0 Å². The summed E-state index contributed by atoms with van der Waals surface area (Å²) in [6.07, 6.45) is 4.85. The summed E-state index contributed by atoms with van der Waals surface area (Å²) in [4.78, 5) is 25.3. The topological polar surface area (TPSA) is 85.1 Å². The van der Waals surface area contributed by atoms with Gasteiger partial charge in [0.05, 0.1) is 11.8 Å². The molecule has 0 fully saturated rings. The van der Waals surface area contributed by atoms with E-state index in [4.69, 9.17) is 5.11 Å². The third-order valence-corrected chi connectivity index (χ3v) is 1.97. The Balaban J connectivity index is 2.54. The zero-order valence-corrected chi connectivity index (χ0v) is 8.07. The number of aromatic carboxylic acids is 1. The maximum Gasteiger partial charge on any atom is 0.339 e. The van der Waals surface area contributed by atoms with Gasteiger partial charge in [0.25, 0.3) is 0 Å². The highest BCUT2D eigenvalue weighted by atomic mass is 16.4. The second-order valence-electron chi connectivity index (χ2n) is 3.02. The summed E-state index contributed by atoms with van der Waals surface area (Å²) in [6.45, 7) is 0. The molecular weight excluding hydrogens is 210 g/mol. The van der Waals surface area contributed by atoms with Gasteiger partial charge in [-0.25, -0.2) is 14.5 Å². The minimum absolute atomic E-state index is 0.0306. The van der Waals surface area contributed by atoms with Crippen LogP contribution in [-0.4, -0.2) is 32.1 Å². The van der Waals surface area contributed by atoms with Gasteiger partial charge >= 0.3 is 5.97 Å². The summed E-state index contributed by atoms with van der Waals surface area (Å²) >= 11 is 0. The monoisotopic (exact) mass is 217 g/mol.